The van der Waals surface area contributed by atoms with Crippen LogP contribution in [0.1, 0.15) is 77.0 Å². The predicted molar refractivity (Wildman–Crippen MR) is 105 cm³/mol. The molecule has 4 atom stereocenters. The molecule has 0 aliphatic heterocycles. The fraction of sp³-hybridized carbons (Fsp3) is 0.905. The summed E-state index contributed by atoms with van der Waals surface area (Å²) in [5.74, 6) is -1.26. The lowest BCUT2D eigenvalue weighted by atomic mass is 9.63. The number of alkyl halides is 2. The Kier molecular flexibility index (Phi) is 9.36. The van der Waals surface area contributed by atoms with Crippen LogP contribution in [0.2, 0.25) is 0 Å². The summed E-state index contributed by atoms with van der Waals surface area (Å²) in [5, 5.41) is 8.63. The minimum atomic E-state index is -4.03. The van der Waals surface area contributed by atoms with Crippen LogP contribution in [0.3, 0.4) is 0 Å². The number of rotatable bonds is 9. The smallest absolute Gasteiger partial charge is 0.415 e. The molecule has 31 heavy (non-hydrogen) atoms. The van der Waals surface area contributed by atoms with Crippen LogP contribution in [-0.4, -0.2) is 29.9 Å². The molecule has 0 radical (unpaired) electrons. The van der Waals surface area contributed by atoms with Gasteiger partial charge in [0.15, 0.2) is 0 Å². The van der Waals surface area contributed by atoms with E-state index in [9.17, 15) is 23.6 Å². The Balaban J connectivity index is 1.51. The van der Waals surface area contributed by atoms with Crippen LogP contribution >= 0.6 is 12.0 Å². The van der Waals surface area contributed by atoms with Gasteiger partial charge in [0.05, 0.1) is 6.61 Å². The first-order valence-corrected chi connectivity index (χ1v) is 12.0. The highest BCUT2D eigenvalue weighted by atomic mass is 32.2. The number of carbonyl (C=O) groups is 2. The zero-order valence-electron chi connectivity index (χ0n) is 17.6. The van der Waals surface area contributed by atoms with Gasteiger partial charge in [-0.25, -0.2) is 4.79 Å². The highest BCUT2D eigenvalue weighted by Crippen LogP contribution is 2.47. The lowest BCUT2D eigenvalue weighted by molar-refractivity contribution is -0.777. The van der Waals surface area contributed by atoms with Crippen molar-refractivity contribution in [1.29, 1.82) is 0 Å². The number of hydrogen-bond acceptors (Lipinski definition) is 8. The summed E-state index contributed by atoms with van der Waals surface area (Å²) in [6.07, 6.45) is 10.2. The molecule has 10 heteroatoms. The molecule has 0 amide bonds. The topological polar surface area (TPSA) is 94.1 Å². The number of carbonyl (C=O) groups excluding carboxylic acids is 2. The van der Waals surface area contributed by atoms with Crippen LogP contribution in [0.15, 0.2) is 0 Å². The van der Waals surface area contributed by atoms with Crippen LogP contribution in [0, 0.1) is 23.7 Å². The largest absolute Gasteiger partial charge is 0.691 e. The summed E-state index contributed by atoms with van der Waals surface area (Å²) >= 11 is -0.673. The third-order valence-corrected chi connectivity index (χ3v) is 7.57. The summed E-state index contributed by atoms with van der Waals surface area (Å²) in [7, 11) is 0. The van der Waals surface area contributed by atoms with Gasteiger partial charge >= 0.3 is 17.2 Å². The van der Waals surface area contributed by atoms with Crippen molar-refractivity contribution in [3.05, 3.63) is 0 Å². The molecule has 0 heterocycles. The fourth-order valence-corrected chi connectivity index (χ4v) is 5.84. The molecule has 0 aromatic carbocycles. The minimum Gasteiger partial charge on any atom is -0.691 e. The van der Waals surface area contributed by atoms with E-state index >= 15 is 0 Å². The molecular formula is C21H31F2O7S-. The average Bonchev–Trinajstić information content (AvgIpc) is 2.77. The molecule has 0 bridgehead atoms. The molecule has 3 rings (SSSR count). The number of halogens is 2. The zero-order chi connectivity index (χ0) is 22.3. The Morgan fingerprint density at radius 3 is 2.39 bits per heavy atom. The quantitative estimate of drug-likeness (QED) is 0.218. The molecule has 7 nitrogen and oxygen atoms in total. The number of hydrogen-bond donors (Lipinski definition) is 0. The average molecular weight is 466 g/mol. The number of fused-ring (bicyclic) bond motifs is 1. The van der Waals surface area contributed by atoms with Gasteiger partial charge in [-0.1, -0.05) is 25.7 Å². The Morgan fingerprint density at radius 1 is 0.935 bits per heavy atom. The predicted octanol–water partition coefficient (Wildman–Crippen LogP) is 4.09. The maximum absolute atomic E-state index is 13.8. The maximum atomic E-state index is 13.8. The number of esters is 2. The Labute approximate surface area is 185 Å². The van der Waals surface area contributed by atoms with Crippen molar-refractivity contribution in [3.8, 4) is 0 Å². The van der Waals surface area contributed by atoms with E-state index in [1.54, 1.807) is 0 Å². The maximum Gasteiger partial charge on any atom is 0.415 e. The van der Waals surface area contributed by atoms with Gasteiger partial charge in [0, 0.05) is 6.42 Å². The number of ether oxygens (including phenoxy) is 2. The molecule has 0 aromatic heterocycles. The van der Waals surface area contributed by atoms with Crippen molar-refractivity contribution in [1.82, 2.24) is 0 Å². The third kappa shape index (κ3) is 7.00. The van der Waals surface area contributed by atoms with Crippen molar-refractivity contribution in [2.24, 2.45) is 23.7 Å². The van der Waals surface area contributed by atoms with Gasteiger partial charge in [0.2, 0.25) is 0 Å². The third-order valence-electron chi connectivity index (χ3n) is 7.07. The van der Waals surface area contributed by atoms with Gasteiger partial charge in [-0.2, -0.15) is 13.1 Å². The molecule has 3 saturated carbocycles. The first kappa shape index (κ1) is 24.7. The molecule has 0 N–H and O–H groups in total. The minimum absolute atomic E-state index is 0.0555. The SMILES string of the molecule is O=C(CC1CCCC2C(OC(=O)C(F)(F)SOO[O-])CCCC12)OCC1CCCCC1. The van der Waals surface area contributed by atoms with E-state index in [2.05, 4.69) is 9.37 Å². The van der Waals surface area contributed by atoms with E-state index in [-0.39, 0.29) is 23.7 Å². The summed E-state index contributed by atoms with van der Waals surface area (Å²) in [5.41, 5.74) is 0. The highest BCUT2D eigenvalue weighted by Gasteiger charge is 2.48. The second kappa shape index (κ2) is 11.8. The van der Waals surface area contributed by atoms with Gasteiger partial charge in [0.25, 0.3) is 0 Å². The van der Waals surface area contributed by atoms with E-state index in [0.29, 0.717) is 25.4 Å². The molecule has 0 aromatic rings. The molecule has 3 fully saturated rings. The highest BCUT2D eigenvalue weighted by molar-refractivity contribution is 7.96. The van der Waals surface area contributed by atoms with Gasteiger partial charge < -0.3 is 14.7 Å². The van der Waals surface area contributed by atoms with Crippen molar-refractivity contribution < 1.29 is 42.5 Å². The first-order valence-electron chi connectivity index (χ1n) is 11.3. The summed E-state index contributed by atoms with van der Waals surface area (Å²) in [6, 6.07) is 0. The lowest BCUT2D eigenvalue weighted by Crippen LogP contribution is -2.44. The van der Waals surface area contributed by atoms with Crippen LogP contribution < -0.4 is 5.26 Å². The van der Waals surface area contributed by atoms with Gasteiger partial charge in [-0.05, 0) is 68.6 Å². The van der Waals surface area contributed by atoms with E-state index in [4.69, 9.17) is 9.47 Å². The van der Waals surface area contributed by atoms with E-state index in [1.807, 2.05) is 0 Å². The van der Waals surface area contributed by atoms with Crippen molar-refractivity contribution in [2.45, 2.75) is 88.4 Å². The van der Waals surface area contributed by atoms with E-state index in [1.165, 1.54) is 19.3 Å². The summed E-state index contributed by atoms with van der Waals surface area (Å²) < 4.78 is 41.8. The Hall–Kier alpha value is -0.970. The van der Waals surface area contributed by atoms with E-state index in [0.717, 1.165) is 44.9 Å². The standard InChI is InChI=1S/C21H32F2O7S/c22-21(23,31-30-29-26)20(25)28-18-11-5-9-16-15(8-4-10-17(16)18)12-19(24)27-13-14-6-2-1-3-7-14/h14-18,26H,1-13H2/p-1. The zero-order valence-corrected chi connectivity index (χ0v) is 18.4. The lowest BCUT2D eigenvalue weighted by Gasteiger charge is -2.45. The van der Waals surface area contributed by atoms with Gasteiger partial charge in [-0.3, -0.25) is 9.83 Å². The monoisotopic (exact) mass is 465 g/mol. The molecule has 3 aliphatic carbocycles. The fourth-order valence-electron chi connectivity index (χ4n) is 5.61. The van der Waals surface area contributed by atoms with Crippen LogP contribution in [0.25, 0.3) is 0 Å². The van der Waals surface area contributed by atoms with Crippen molar-refractivity contribution >= 4 is 24.0 Å². The van der Waals surface area contributed by atoms with Crippen molar-refractivity contribution in [2.75, 3.05) is 6.61 Å². The first-order chi connectivity index (χ1) is 14.9. The molecule has 0 spiro atoms. The second-order valence-corrected chi connectivity index (χ2v) is 9.84. The van der Waals surface area contributed by atoms with Crippen molar-refractivity contribution in [3.63, 3.8) is 0 Å². The molecule has 4 unspecified atom stereocenters. The van der Waals surface area contributed by atoms with Gasteiger partial charge in [0.1, 0.15) is 18.1 Å². The van der Waals surface area contributed by atoms with Crippen LogP contribution in [0.4, 0.5) is 8.78 Å². The summed E-state index contributed by atoms with van der Waals surface area (Å²) in [6.45, 7) is 0.488. The van der Waals surface area contributed by atoms with E-state index < -0.39 is 29.4 Å². The normalized spacial score (nSPS) is 29.8. The molecule has 178 valence electrons. The molecule has 0 saturated heterocycles. The molecule has 3 aliphatic rings. The Morgan fingerprint density at radius 2 is 1.65 bits per heavy atom. The Bertz CT molecular complexity index is 600. The van der Waals surface area contributed by atoms with Crippen LogP contribution in [-0.2, 0) is 28.4 Å². The molecular weight excluding hydrogens is 434 g/mol. The van der Waals surface area contributed by atoms with Crippen LogP contribution in [0.5, 0.6) is 0 Å². The summed E-state index contributed by atoms with van der Waals surface area (Å²) in [4.78, 5) is 24.4. The van der Waals surface area contributed by atoms with Gasteiger partial charge in [-0.15, -0.1) is 0 Å². The second-order valence-electron chi connectivity index (χ2n) is 9.02.